The van der Waals surface area contributed by atoms with Crippen LogP contribution in [0.4, 0.5) is 0 Å². The third-order valence-corrected chi connectivity index (χ3v) is 1.83. The molecule has 14 heavy (non-hydrogen) atoms. The summed E-state index contributed by atoms with van der Waals surface area (Å²) in [5.41, 5.74) is 0.696. The van der Waals surface area contributed by atoms with Gasteiger partial charge >= 0.3 is 0 Å². The molecule has 1 N–H and O–H groups in total. The van der Waals surface area contributed by atoms with Crippen molar-refractivity contribution in [3.05, 3.63) is 29.8 Å². The molecular formula is C10H9N3O. The third-order valence-electron chi connectivity index (χ3n) is 1.83. The normalized spacial score (nSPS) is 15.7. The lowest BCUT2D eigenvalue weighted by Gasteiger charge is -1.97. The predicted octanol–water partition coefficient (Wildman–Crippen LogP) is 1.25. The first-order valence-electron chi connectivity index (χ1n) is 4.24. The van der Waals surface area contributed by atoms with Gasteiger partial charge in [0.2, 0.25) is 0 Å². The van der Waals surface area contributed by atoms with Gasteiger partial charge in [-0.3, -0.25) is 4.99 Å². The second-order valence-corrected chi connectivity index (χ2v) is 2.86. The fourth-order valence-corrected chi connectivity index (χ4v) is 1.09. The van der Waals surface area contributed by atoms with Crippen molar-refractivity contribution in [2.24, 2.45) is 15.2 Å². The van der Waals surface area contributed by atoms with E-state index in [9.17, 15) is 5.11 Å². The van der Waals surface area contributed by atoms with E-state index in [0.717, 1.165) is 0 Å². The van der Waals surface area contributed by atoms with Crippen LogP contribution in [0.25, 0.3) is 0 Å². The topological polar surface area (TPSA) is 57.3 Å². The highest BCUT2D eigenvalue weighted by Gasteiger charge is 2.02. The van der Waals surface area contributed by atoms with E-state index in [-0.39, 0.29) is 11.8 Å². The molecule has 1 aliphatic heterocycles. The van der Waals surface area contributed by atoms with Crippen LogP contribution in [0.15, 0.2) is 39.5 Å². The number of hydrogen-bond donors (Lipinski definition) is 1. The maximum atomic E-state index is 9.43. The minimum atomic E-state index is -0.102. The second-order valence-electron chi connectivity index (χ2n) is 2.86. The molecule has 0 aliphatic carbocycles. The van der Waals surface area contributed by atoms with Crippen molar-refractivity contribution in [1.29, 1.82) is 0 Å². The van der Waals surface area contributed by atoms with Gasteiger partial charge in [0.1, 0.15) is 11.8 Å². The Morgan fingerprint density at radius 2 is 1.93 bits per heavy atom. The number of benzene rings is 1. The standard InChI is InChI=1S/C10H9N3O/c14-10-4-2-1-3-8(10)5-11-9-6-12-13-7-9/h1-7,9,14H. The molecule has 0 fully saturated rings. The highest BCUT2D eigenvalue weighted by Crippen LogP contribution is 2.12. The first-order chi connectivity index (χ1) is 6.86. The first kappa shape index (κ1) is 8.62. The number of rotatable bonds is 2. The number of para-hydroxylation sites is 1. The van der Waals surface area contributed by atoms with E-state index >= 15 is 0 Å². The molecule has 0 bridgehead atoms. The van der Waals surface area contributed by atoms with Crippen LogP contribution >= 0.6 is 0 Å². The zero-order chi connectivity index (χ0) is 9.80. The fourth-order valence-electron chi connectivity index (χ4n) is 1.09. The molecule has 0 radical (unpaired) electrons. The Balaban J connectivity index is 2.14. The van der Waals surface area contributed by atoms with Crippen LogP contribution in [0.5, 0.6) is 5.75 Å². The summed E-state index contributed by atoms with van der Waals surface area (Å²) in [6, 6.07) is 6.93. The molecule has 0 unspecified atom stereocenters. The van der Waals surface area contributed by atoms with Gasteiger partial charge in [-0.05, 0) is 12.1 Å². The number of phenols is 1. The van der Waals surface area contributed by atoms with Crippen molar-refractivity contribution in [2.75, 3.05) is 0 Å². The summed E-state index contributed by atoms with van der Waals surface area (Å²) in [6.07, 6.45) is 4.89. The summed E-state index contributed by atoms with van der Waals surface area (Å²) in [7, 11) is 0. The van der Waals surface area contributed by atoms with Crippen LogP contribution in [0, 0.1) is 0 Å². The number of phenolic OH excluding ortho intramolecular Hbond substituents is 1. The van der Waals surface area contributed by atoms with Crippen molar-refractivity contribution >= 4 is 18.6 Å². The minimum Gasteiger partial charge on any atom is -0.507 e. The lowest BCUT2D eigenvalue weighted by Crippen LogP contribution is -2.03. The van der Waals surface area contributed by atoms with Crippen LogP contribution in [0.2, 0.25) is 0 Å². The molecule has 1 aromatic rings. The van der Waals surface area contributed by atoms with Crippen LogP contribution in [0.1, 0.15) is 5.56 Å². The molecule has 0 atom stereocenters. The number of hydrogen-bond acceptors (Lipinski definition) is 4. The smallest absolute Gasteiger partial charge is 0.124 e. The quantitative estimate of drug-likeness (QED) is 0.696. The molecule has 4 heteroatoms. The maximum Gasteiger partial charge on any atom is 0.124 e. The van der Waals surface area contributed by atoms with Crippen LogP contribution in [0.3, 0.4) is 0 Å². The number of aliphatic imine (C=N–C) groups is 1. The van der Waals surface area contributed by atoms with Crippen molar-refractivity contribution < 1.29 is 5.11 Å². The SMILES string of the molecule is Oc1ccccc1C=NC1C=NN=C1. The van der Waals surface area contributed by atoms with Gasteiger partial charge in [-0.1, -0.05) is 12.1 Å². The number of aromatic hydroxyl groups is 1. The molecule has 1 aromatic carbocycles. The highest BCUT2D eigenvalue weighted by atomic mass is 16.3. The monoisotopic (exact) mass is 187 g/mol. The zero-order valence-corrected chi connectivity index (χ0v) is 7.41. The zero-order valence-electron chi connectivity index (χ0n) is 7.41. The summed E-state index contributed by atoms with van der Waals surface area (Å²) in [5.74, 6) is 0.225. The average Bonchev–Trinajstić information content (AvgIpc) is 2.69. The molecule has 1 heterocycles. The lowest BCUT2D eigenvalue weighted by atomic mass is 10.2. The second kappa shape index (κ2) is 3.83. The van der Waals surface area contributed by atoms with Crippen molar-refractivity contribution in [1.82, 2.24) is 0 Å². The molecule has 2 rings (SSSR count). The van der Waals surface area contributed by atoms with Gasteiger partial charge in [-0.25, -0.2) is 0 Å². The molecule has 0 saturated heterocycles. The van der Waals surface area contributed by atoms with E-state index < -0.39 is 0 Å². The Morgan fingerprint density at radius 1 is 1.21 bits per heavy atom. The Labute approximate surface area is 81.3 Å². The van der Waals surface area contributed by atoms with E-state index in [1.807, 2.05) is 6.07 Å². The van der Waals surface area contributed by atoms with E-state index in [4.69, 9.17) is 0 Å². The molecule has 0 spiro atoms. The van der Waals surface area contributed by atoms with Crippen LogP contribution in [-0.2, 0) is 0 Å². The van der Waals surface area contributed by atoms with Gasteiger partial charge in [0.05, 0.1) is 12.4 Å². The molecule has 0 aromatic heterocycles. The first-order valence-corrected chi connectivity index (χ1v) is 4.24. The lowest BCUT2D eigenvalue weighted by molar-refractivity contribution is 0.474. The maximum absolute atomic E-state index is 9.43. The minimum absolute atomic E-state index is 0.102. The molecule has 1 aliphatic rings. The van der Waals surface area contributed by atoms with Gasteiger partial charge in [0, 0.05) is 11.8 Å². The van der Waals surface area contributed by atoms with Crippen molar-refractivity contribution in [3.63, 3.8) is 0 Å². The summed E-state index contributed by atoms with van der Waals surface area (Å²) in [6.45, 7) is 0. The van der Waals surface area contributed by atoms with E-state index in [1.54, 1.807) is 36.8 Å². The molecule has 4 nitrogen and oxygen atoms in total. The largest absolute Gasteiger partial charge is 0.507 e. The van der Waals surface area contributed by atoms with Gasteiger partial charge in [0.25, 0.3) is 0 Å². The Hall–Kier alpha value is -1.97. The predicted molar refractivity (Wildman–Crippen MR) is 56.5 cm³/mol. The van der Waals surface area contributed by atoms with Crippen LogP contribution < -0.4 is 0 Å². The summed E-state index contributed by atoms with van der Waals surface area (Å²) >= 11 is 0. The molecular weight excluding hydrogens is 178 g/mol. The summed E-state index contributed by atoms with van der Waals surface area (Å²) in [4.78, 5) is 4.17. The van der Waals surface area contributed by atoms with Gasteiger partial charge in [-0.15, -0.1) is 0 Å². The Morgan fingerprint density at radius 3 is 2.64 bits per heavy atom. The fraction of sp³-hybridized carbons (Fsp3) is 0.100. The van der Waals surface area contributed by atoms with E-state index in [0.29, 0.717) is 5.56 Å². The highest BCUT2D eigenvalue weighted by molar-refractivity contribution is 5.94. The van der Waals surface area contributed by atoms with Crippen molar-refractivity contribution in [2.45, 2.75) is 6.04 Å². The van der Waals surface area contributed by atoms with Crippen LogP contribution in [-0.4, -0.2) is 29.8 Å². The molecule has 70 valence electrons. The summed E-state index contributed by atoms with van der Waals surface area (Å²) < 4.78 is 0. The van der Waals surface area contributed by atoms with Gasteiger partial charge in [0.15, 0.2) is 0 Å². The van der Waals surface area contributed by atoms with E-state index in [2.05, 4.69) is 15.2 Å². The summed E-state index contributed by atoms with van der Waals surface area (Å²) in [5, 5.41) is 16.8. The Kier molecular flexibility index (Phi) is 2.36. The average molecular weight is 187 g/mol. The molecule has 0 saturated carbocycles. The third kappa shape index (κ3) is 1.85. The van der Waals surface area contributed by atoms with Crippen molar-refractivity contribution in [3.8, 4) is 5.75 Å². The van der Waals surface area contributed by atoms with E-state index in [1.165, 1.54) is 0 Å². The van der Waals surface area contributed by atoms with Gasteiger partial charge < -0.3 is 5.11 Å². The number of nitrogens with zero attached hydrogens (tertiary/aromatic N) is 3. The Bertz CT molecular complexity index is 398. The molecule has 0 amide bonds. The van der Waals surface area contributed by atoms with Gasteiger partial charge in [-0.2, -0.15) is 10.2 Å².